The summed E-state index contributed by atoms with van der Waals surface area (Å²) in [6.45, 7) is 1.26. The summed E-state index contributed by atoms with van der Waals surface area (Å²) in [5.41, 5.74) is -1.25. The van der Waals surface area contributed by atoms with E-state index in [0.29, 0.717) is 17.8 Å². The Morgan fingerprint density at radius 3 is 2.65 bits per heavy atom. The monoisotopic (exact) mass is 279 g/mol. The number of nitrogens with zero attached hydrogens (tertiary/aromatic N) is 5. The molecule has 0 spiro atoms. The van der Waals surface area contributed by atoms with Gasteiger partial charge in [-0.2, -0.15) is 15.0 Å². The first-order chi connectivity index (χ1) is 9.54. The maximum Gasteiger partial charge on any atom is 0.241 e. The predicted octanol–water partition coefficient (Wildman–Crippen LogP) is -0.746. The van der Waals surface area contributed by atoms with Crippen molar-refractivity contribution in [2.75, 3.05) is 30.8 Å². The number of aliphatic hydroxyl groups excluding tert-OH is 1. The fraction of sp³-hybridized carbons (Fsp3) is 0.455. The van der Waals surface area contributed by atoms with Gasteiger partial charge in [0.15, 0.2) is 0 Å². The van der Waals surface area contributed by atoms with Crippen LogP contribution >= 0.6 is 0 Å². The molecule has 0 fully saturated rings. The molecule has 0 bridgehead atoms. The molecule has 0 radical (unpaired) electrons. The van der Waals surface area contributed by atoms with Crippen molar-refractivity contribution in [1.82, 2.24) is 24.5 Å². The van der Waals surface area contributed by atoms with E-state index >= 15 is 0 Å². The van der Waals surface area contributed by atoms with Crippen LogP contribution in [0, 0.1) is 0 Å². The van der Waals surface area contributed by atoms with Crippen molar-refractivity contribution in [2.45, 2.75) is 12.5 Å². The molecule has 2 rings (SSSR count). The lowest BCUT2D eigenvalue weighted by molar-refractivity contribution is 0.0131. The number of anilines is 2. The summed E-state index contributed by atoms with van der Waals surface area (Å²) in [7, 11) is 1.70. The third-order valence-corrected chi connectivity index (χ3v) is 2.55. The van der Waals surface area contributed by atoms with Crippen LogP contribution in [-0.2, 0) is 0 Å². The molecule has 0 aliphatic rings. The lowest BCUT2D eigenvalue weighted by atomic mass is 10.1. The van der Waals surface area contributed by atoms with E-state index in [9.17, 15) is 5.11 Å². The molecule has 2 aromatic heterocycles. The van der Waals surface area contributed by atoms with Crippen molar-refractivity contribution in [3.8, 4) is 5.95 Å². The highest BCUT2D eigenvalue weighted by Gasteiger charge is 2.19. The third kappa shape index (κ3) is 3.39. The molecule has 2 aromatic rings. The van der Waals surface area contributed by atoms with Crippen molar-refractivity contribution < 1.29 is 10.2 Å². The van der Waals surface area contributed by atoms with Gasteiger partial charge in [0.05, 0.1) is 6.61 Å². The highest BCUT2D eigenvalue weighted by molar-refractivity contribution is 5.37. The van der Waals surface area contributed by atoms with Crippen LogP contribution in [0.15, 0.2) is 18.7 Å². The van der Waals surface area contributed by atoms with Gasteiger partial charge in [0.1, 0.15) is 11.9 Å². The van der Waals surface area contributed by atoms with Crippen molar-refractivity contribution in [2.24, 2.45) is 0 Å². The van der Waals surface area contributed by atoms with Crippen molar-refractivity contribution in [1.29, 1.82) is 0 Å². The van der Waals surface area contributed by atoms with Gasteiger partial charge in [0, 0.05) is 26.0 Å². The molecule has 1 atom stereocenters. The molecule has 9 nitrogen and oxygen atoms in total. The van der Waals surface area contributed by atoms with Gasteiger partial charge >= 0.3 is 0 Å². The minimum atomic E-state index is -1.25. The summed E-state index contributed by atoms with van der Waals surface area (Å²) < 4.78 is 1.64. The van der Waals surface area contributed by atoms with Crippen LogP contribution in [-0.4, -0.2) is 60.5 Å². The second-order valence-electron chi connectivity index (χ2n) is 4.51. The summed E-state index contributed by atoms with van der Waals surface area (Å²) in [5, 5.41) is 24.5. The number of nitrogens with one attached hydrogen (secondary N) is 2. The van der Waals surface area contributed by atoms with Gasteiger partial charge in [0.2, 0.25) is 17.8 Å². The molecular weight excluding hydrogens is 262 g/mol. The van der Waals surface area contributed by atoms with Gasteiger partial charge in [0.25, 0.3) is 0 Å². The van der Waals surface area contributed by atoms with Crippen LogP contribution < -0.4 is 10.6 Å². The topological polar surface area (TPSA) is 121 Å². The fourth-order valence-corrected chi connectivity index (χ4v) is 1.37. The molecule has 4 N–H and O–H groups in total. The minimum absolute atomic E-state index is 0.111. The average molecular weight is 279 g/mol. The normalized spacial score (nSPS) is 13.8. The number of imidazole rings is 1. The van der Waals surface area contributed by atoms with Gasteiger partial charge in [-0.15, -0.1) is 0 Å². The van der Waals surface area contributed by atoms with Gasteiger partial charge in [-0.25, -0.2) is 4.98 Å². The molecule has 0 saturated carbocycles. The zero-order valence-corrected chi connectivity index (χ0v) is 11.3. The molecule has 0 aromatic carbocycles. The van der Waals surface area contributed by atoms with Crippen molar-refractivity contribution >= 4 is 11.9 Å². The molecule has 0 aliphatic carbocycles. The van der Waals surface area contributed by atoms with E-state index in [-0.39, 0.29) is 13.2 Å². The van der Waals surface area contributed by atoms with E-state index in [4.69, 9.17) is 5.11 Å². The smallest absolute Gasteiger partial charge is 0.241 e. The van der Waals surface area contributed by atoms with Gasteiger partial charge < -0.3 is 20.8 Å². The second kappa shape index (κ2) is 5.80. The summed E-state index contributed by atoms with van der Waals surface area (Å²) in [6.07, 6.45) is 4.90. The quantitative estimate of drug-likeness (QED) is 0.545. The second-order valence-corrected chi connectivity index (χ2v) is 4.51. The number of hydrogen-bond acceptors (Lipinski definition) is 8. The molecule has 9 heteroatoms. The van der Waals surface area contributed by atoms with Crippen LogP contribution in [0.1, 0.15) is 6.92 Å². The zero-order chi connectivity index (χ0) is 14.6. The molecule has 20 heavy (non-hydrogen) atoms. The lowest BCUT2D eigenvalue weighted by Crippen LogP contribution is -2.37. The first-order valence-electron chi connectivity index (χ1n) is 6.03. The molecule has 2 heterocycles. The van der Waals surface area contributed by atoms with E-state index in [1.807, 2.05) is 0 Å². The minimum Gasteiger partial charge on any atom is -0.393 e. The summed E-state index contributed by atoms with van der Waals surface area (Å²) >= 11 is 0. The van der Waals surface area contributed by atoms with Crippen LogP contribution in [0.2, 0.25) is 0 Å². The highest BCUT2D eigenvalue weighted by atomic mass is 16.3. The fourth-order valence-electron chi connectivity index (χ4n) is 1.37. The van der Waals surface area contributed by atoms with E-state index in [0.717, 1.165) is 0 Å². The molecule has 0 amide bonds. The Bertz CT molecular complexity index is 556. The third-order valence-electron chi connectivity index (χ3n) is 2.55. The van der Waals surface area contributed by atoms with Gasteiger partial charge in [-0.1, -0.05) is 0 Å². The number of rotatable bonds is 6. The molecule has 1 unspecified atom stereocenters. The summed E-state index contributed by atoms with van der Waals surface area (Å²) in [4.78, 5) is 16.5. The predicted molar refractivity (Wildman–Crippen MR) is 72.7 cm³/mol. The van der Waals surface area contributed by atoms with Crippen molar-refractivity contribution in [3.05, 3.63) is 18.7 Å². The maximum absolute atomic E-state index is 9.75. The molecule has 0 saturated heterocycles. The van der Waals surface area contributed by atoms with E-state index in [2.05, 4.69) is 30.6 Å². The SMILES string of the molecule is CNc1nc(NCC(C)(O)CO)nc(-n2ccnc2)n1. The molecule has 108 valence electrons. The van der Waals surface area contributed by atoms with Crippen LogP contribution in [0.25, 0.3) is 5.95 Å². The highest BCUT2D eigenvalue weighted by Crippen LogP contribution is 2.10. The Labute approximate surface area is 115 Å². The number of hydrogen-bond donors (Lipinski definition) is 4. The van der Waals surface area contributed by atoms with Crippen LogP contribution in [0.4, 0.5) is 11.9 Å². The van der Waals surface area contributed by atoms with Gasteiger partial charge in [-0.05, 0) is 6.92 Å². The van der Waals surface area contributed by atoms with E-state index in [1.165, 1.54) is 6.92 Å². The Morgan fingerprint density at radius 1 is 1.30 bits per heavy atom. The van der Waals surface area contributed by atoms with Crippen LogP contribution in [0.3, 0.4) is 0 Å². The Balaban J connectivity index is 2.23. The van der Waals surface area contributed by atoms with E-state index in [1.54, 1.807) is 30.3 Å². The summed E-state index contributed by atoms with van der Waals surface area (Å²) in [6, 6.07) is 0. The molecule has 0 aliphatic heterocycles. The lowest BCUT2D eigenvalue weighted by Gasteiger charge is -2.20. The Morgan fingerprint density at radius 2 is 2.05 bits per heavy atom. The number of aliphatic hydroxyl groups is 2. The average Bonchev–Trinajstić information content (AvgIpc) is 2.99. The standard InChI is InChI=1S/C11H17N7O2/c1-11(20,6-19)5-14-9-15-8(12-2)16-10(17-9)18-4-3-13-7-18/h3-4,7,19-20H,5-6H2,1-2H3,(H2,12,14,15,16,17). The Hall–Kier alpha value is -2.26. The van der Waals surface area contributed by atoms with Crippen LogP contribution in [0.5, 0.6) is 0 Å². The van der Waals surface area contributed by atoms with Crippen molar-refractivity contribution in [3.63, 3.8) is 0 Å². The largest absolute Gasteiger partial charge is 0.393 e. The van der Waals surface area contributed by atoms with E-state index < -0.39 is 5.60 Å². The molecular formula is C11H17N7O2. The zero-order valence-electron chi connectivity index (χ0n) is 11.3. The van der Waals surface area contributed by atoms with Gasteiger partial charge in [-0.3, -0.25) is 4.57 Å². The summed E-state index contributed by atoms with van der Waals surface area (Å²) in [5.74, 6) is 1.07. The first kappa shape index (κ1) is 14.2. The Kier molecular flexibility index (Phi) is 4.11. The number of aromatic nitrogens is 5. The maximum atomic E-state index is 9.75. The first-order valence-corrected chi connectivity index (χ1v) is 6.03.